The van der Waals surface area contributed by atoms with E-state index < -0.39 is 40.9 Å². The van der Waals surface area contributed by atoms with Crippen LogP contribution >= 0.6 is 0 Å². The predicted octanol–water partition coefficient (Wildman–Crippen LogP) is 0.810. The van der Waals surface area contributed by atoms with Crippen LogP contribution in [0.1, 0.15) is 6.92 Å². The highest BCUT2D eigenvalue weighted by Gasteiger charge is 2.25. The highest BCUT2D eigenvalue weighted by atomic mass is 32.3. The summed E-state index contributed by atoms with van der Waals surface area (Å²) in [5, 5.41) is 0.559. The number of hydrogen-bond donors (Lipinski definition) is 4. The predicted molar refractivity (Wildman–Crippen MR) is 90.1 cm³/mol. The van der Waals surface area contributed by atoms with Gasteiger partial charge in [0.1, 0.15) is 4.90 Å². The van der Waals surface area contributed by atoms with Gasteiger partial charge in [0.05, 0.1) is 16.3 Å². The first-order valence-electron chi connectivity index (χ1n) is 6.40. The molecule has 13 heteroatoms. The molecule has 0 saturated heterocycles. The Bertz CT molecular complexity index is 1100. The van der Waals surface area contributed by atoms with Gasteiger partial charge in [-0.3, -0.25) is 13.7 Å². The number of fused-ring (bicyclic) bond motifs is 1. The van der Waals surface area contributed by atoms with Crippen LogP contribution in [0.15, 0.2) is 40.1 Å². The molecule has 2 aromatic rings. The Morgan fingerprint density at radius 2 is 1.44 bits per heavy atom. The van der Waals surface area contributed by atoms with E-state index in [0.29, 0.717) is 5.39 Å². The van der Waals surface area contributed by atoms with Crippen LogP contribution in [0.25, 0.3) is 10.8 Å². The molecule has 0 spiro atoms. The molecule has 0 amide bonds. The van der Waals surface area contributed by atoms with Crippen molar-refractivity contribution in [3.05, 3.63) is 30.3 Å². The minimum absolute atomic E-state index is 0.183. The van der Waals surface area contributed by atoms with Crippen molar-refractivity contribution in [2.45, 2.75) is 16.7 Å². The van der Waals surface area contributed by atoms with E-state index in [9.17, 15) is 21.4 Å². The summed E-state index contributed by atoms with van der Waals surface area (Å²) in [7, 11) is -13.0. The van der Waals surface area contributed by atoms with E-state index in [-0.39, 0.29) is 16.0 Å². The lowest BCUT2D eigenvalue weighted by Crippen LogP contribution is -2.12. The maximum atomic E-state index is 12.0. The Hall–Kier alpha value is -1.77. The average molecular weight is 413 g/mol. The summed E-state index contributed by atoms with van der Waals surface area (Å²) in [6, 6.07) is 7.53. The summed E-state index contributed by atoms with van der Waals surface area (Å²) in [6.45, 7) is 1.43. The molecule has 0 radical (unpaired) electrons. The van der Waals surface area contributed by atoms with Gasteiger partial charge >= 0.3 is 10.4 Å². The molecule has 5 N–H and O–H groups in total. The normalized spacial score (nSPS) is 12.5. The highest BCUT2D eigenvalue weighted by Crippen LogP contribution is 2.34. The fourth-order valence-electron chi connectivity index (χ4n) is 2.00. The number of nitrogens with two attached hydrogens (primary N) is 1. The van der Waals surface area contributed by atoms with Crippen molar-refractivity contribution in [2.75, 3.05) is 11.5 Å². The SMILES string of the molecule is CCS(=O)(=O)c1cc2ccccc2c(S(=O)(=O)O)c1N.O=S(=O)(O)O. The first-order valence-corrected chi connectivity index (χ1v) is 10.9. The van der Waals surface area contributed by atoms with Crippen LogP contribution in [0.3, 0.4) is 0 Å². The molecule has 10 nitrogen and oxygen atoms in total. The summed E-state index contributed by atoms with van der Waals surface area (Å²) in [5.74, 6) is -0.222. The largest absolute Gasteiger partial charge is 0.397 e. The highest BCUT2D eigenvalue weighted by molar-refractivity contribution is 7.91. The van der Waals surface area contributed by atoms with Crippen LogP contribution in [0.4, 0.5) is 5.69 Å². The van der Waals surface area contributed by atoms with Crippen molar-refractivity contribution in [1.29, 1.82) is 0 Å². The summed E-state index contributed by atoms with van der Waals surface area (Å²) >= 11 is 0. The van der Waals surface area contributed by atoms with Crippen molar-refractivity contribution in [2.24, 2.45) is 0 Å². The van der Waals surface area contributed by atoms with E-state index in [1.54, 1.807) is 18.2 Å². The average Bonchev–Trinajstić information content (AvgIpc) is 2.43. The van der Waals surface area contributed by atoms with Crippen molar-refractivity contribution >= 4 is 46.8 Å². The molecule has 0 aromatic heterocycles. The van der Waals surface area contributed by atoms with Crippen LogP contribution in [0, 0.1) is 0 Å². The van der Waals surface area contributed by atoms with Gasteiger partial charge in [-0.1, -0.05) is 31.2 Å². The first-order chi connectivity index (χ1) is 11.2. The molecule has 0 atom stereocenters. The summed E-state index contributed by atoms with van der Waals surface area (Å²) in [6.07, 6.45) is 0. The molecule has 0 bridgehead atoms. The Morgan fingerprint density at radius 1 is 0.960 bits per heavy atom. The van der Waals surface area contributed by atoms with Crippen LogP contribution in [-0.2, 0) is 30.4 Å². The molecule has 2 rings (SSSR count). The molecule has 0 aliphatic heterocycles. The molecule has 140 valence electrons. The molecule has 0 saturated carbocycles. The smallest absolute Gasteiger partial charge is 0.394 e. The molecule has 0 unspecified atom stereocenters. The third kappa shape index (κ3) is 5.62. The molecule has 2 aromatic carbocycles. The zero-order valence-corrected chi connectivity index (χ0v) is 15.1. The maximum absolute atomic E-state index is 12.0. The summed E-state index contributed by atoms with van der Waals surface area (Å²) < 4.78 is 87.9. The van der Waals surface area contributed by atoms with E-state index in [1.165, 1.54) is 19.1 Å². The number of anilines is 1. The van der Waals surface area contributed by atoms with E-state index in [4.69, 9.17) is 23.3 Å². The van der Waals surface area contributed by atoms with Crippen LogP contribution < -0.4 is 5.73 Å². The zero-order valence-electron chi connectivity index (χ0n) is 12.7. The Labute approximate surface area is 144 Å². The lowest BCUT2D eigenvalue weighted by Gasteiger charge is -2.12. The van der Waals surface area contributed by atoms with Gasteiger partial charge in [-0.15, -0.1) is 0 Å². The lowest BCUT2D eigenvalue weighted by molar-refractivity contribution is 0.381. The minimum atomic E-state index is -4.67. The standard InChI is InChI=1S/C12H13NO5S2.H2O4S/c1-2-19(14,15)10-7-8-5-3-4-6-9(8)12(11(10)13)20(16,17)18;1-5(2,3)4/h3-7H,2,13H2,1H3,(H,16,17,18);(H2,1,2,3,4). The van der Waals surface area contributed by atoms with Crippen molar-refractivity contribution < 1.29 is 38.9 Å². The fraction of sp³-hybridized carbons (Fsp3) is 0.167. The van der Waals surface area contributed by atoms with E-state index in [0.717, 1.165) is 0 Å². The lowest BCUT2D eigenvalue weighted by atomic mass is 10.1. The van der Waals surface area contributed by atoms with Gasteiger partial charge in [0.25, 0.3) is 10.1 Å². The molecular weight excluding hydrogens is 398 g/mol. The van der Waals surface area contributed by atoms with Gasteiger partial charge in [0, 0.05) is 5.39 Å². The number of benzene rings is 2. The summed E-state index contributed by atoms with van der Waals surface area (Å²) in [5.41, 5.74) is 5.23. The maximum Gasteiger partial charge on any atom is 0.394 e. The first kappa shape index (κ1) is 21.3. The second kappa shape index (κ2) is 7.23. The topological polar surface area (TPSA) is 189 Å². The third-order valence-electron chi connectivity index (χ3n) is 2.98. The number of rotatable bonds is 3. The van der Waals surface area contributed by atoms with E-state index >= 15 is 0 Å². The zero-order chi connectivity index (χ0) is 19.6. The van der Waals surface area contributed by atoms with Gasteiger partial charge in [-0.2, -0.15) is 16.8 Å². The van der Waals surface area contributed by atoms with Gasteiger partial charge < -0.3 is 5.73 Å². The van der Waals surface area contributed by atoms with Gasteiger partial charge in [0.2, 0.25) is 0 Å². The van der Waals surface area contributed by atoms with Crippen molar-refractivity contribution in [3.63, 3.8) is 0 Å². The fourth-order valence-corrected chi connectivity index (χ4v) is 3.97. The summed E-state index contributed by atoms with van der Waals surface area (Å²) in [4.78, 5) is -0.853. The second-order valence-corrected chi connectivity index (χ2v) is 9.17. The Morgan fingerprint density at radius 3 is 1.88 bits per heavy atom. The monoisotopic (exact) mass is 413 g/mol. The third-order valence-corrected chi connectivity index (χ3v) is 5.70. The van der Waals surface area contributed by atoms with E-state index in [2.05, 4.69) is 0 Å². The van der Waals surface area contributed by atoms with Gasteiger partial charge in [-0.25, -0.2) is 8.42 Å². The second-order valence-electron chi connectivity index (χ2n) is 4.66. The number of sulfone groups is 1. The molecular formula is C12H15NO9S3. The number of nitrogen functional groups attached to an aromatic ring is 1. The molecule has 0 aliphatic rings. The molecule has 25 heavy (non-hydrogen) atoms. The van der Waals surface area contributed by atoms with Crippen molar-refractivity contribution in [1.82, 2.24) is 0 Å². The molecule has 0 aliphatic carbocycles. The van der Waals surface area contributed by atoms with Gasteiger partial charge in [0.15, 0.2) is 9.84 Å². The number of hydrogen-bond acceptors (Lipinski definition) is 7. The molecule has 0 heterocycles. The van der Waals surface area contributed by atoms with Crippen LogP contribution in [-0.4, -0.2) is 44.7 Å². The minimum Gasteiger partial charge on any atom is -0.397 e. The Kier molecular flexibility index (Phi) is 6.15. The van der Waals surface area contributed by atoms with Gasteiger partial charge in [-0.05, 0) is 11.5 Å². The quantitative estimate of drug-likeness (QED) is 0.414. The Balaban J connectivity index is 0.000000550. The van der Waals surface area contributed by atoms with Crippen LogP contribution in [0.2, 0.25) is 0 Å². The van der Waals surface area contributed by atoms with Crippen LogP contribution in [0.5, 0.6) is 0 Å². The van der Waals surface area contributed by atoms with Crippen molar-refractivity contribution in [3.8, 4) is 0 Å². The molecule has 0 fully saturated rings. The van der Waals surface area contributed by atoms with E-state index in [1.807, 2.05) is 0 Å².